The van der Waals surface area contributed by atoms with Crippen molar-refractivity contribution in [2.75, 3.05) is 22.9 Å². The van der Waals surface area contributed by atoms with Gasteiger partial charge in [-0.1, -0.05) is 12.1 Å². The summed E-state index contributed by atoms with van der Waals surface area (Å²) in [7, 11) is 0. The van der Waals surface area contributed by atoms with Gasteiger partial charge in [0.15, 0.2) is 0 Å². The second-order valence-corrected chi connectivity index (χ2v) is 3.69. The molecule has 0 amide bonds. The second-order valence-electron chi connectivity index (χ2n) is 3.69. The standard InChI is InChI=1S/C12H14N4.2ClH.H2O/c13-9-3-1-7(5-11(9)15)8-2-4-10(14)12(16)6-8;;;/h1-6H,13-16H2;2*1H;1H2. The second kappa shape index (κ2) is 7.58. The highest BCUT2D eigenvalue weighted by atomic mass is 35.5. The molecule has 2 aromatic carbocycles. The third-order valence-corrected chi connectivity index (χ3v) is 2.51. The van der Waals surface area contributed by atoms with E-state index < -0.39 is 0 Å². The van der Waals surface area contributed by atoms with Crippen molar-refractivity contribution in [1.29, 1.82) is 0 Å². The van der Waals surface area contributed by atoms with E-state index >= 15 is 0 Å². The summed E-state index contributed by atoms with van der Waals surface area (Å²) in [6.07, 6.45) is 0. The van der Waals surface area contributed by atoms with Crippen molar-refractivity contribution in [3.63, 3.8) is 0 Å². The number of hydrogen-bond acceptors (Lipinski definition) is 4. The van der Waals surface area contributed by atoms with Gasteiger partial charge in [-0.2, -0.15) is 0 Å². The van der Waals surface area contributed by atoms with E-state index in [9.17, 15) is 0 Å². The molecule has 0 spiro atoms. The smallest absolute Gasteiger partial charge is 0.0554 e. The molecule has 0 unspecified atom stereocenters. The van der Waals surface area contributed by atoms with Crippen LogP contribution >= 0.6 is 24.8 Å². The minimum Gasteiger partial charge on any atom is -0.412 e. The van der Waals surface area contributed by atoms with Gasteiger partial charge in [-0.3, -0.25) is 0 Å². The fourth-order valence-corrected chi connectivity index (χ4v) is 1.51. The SMILES string of the molecule is Cl.Cl.Nc1ccc(-c2ccc(N)c(N)c2)cc1N.O. The molecule has 0 fully saturated rings. The van der Waals surface area contributed by atoms with Gasteiger partial charge in [-0.25, -0.2) is 0 Å². The first-order chi connectivity index (χ1) is 7.58. The van der Waals surface area contributed by atoms with Crippen LogP contribution in [0.2, 0.25) is 0 Å². The lowest BCUT2D eigenvalue weighted by atomic mass is 10.0. The van der Waals surface area contributed by atoms with E-state index in [-0.39, 0.29) is 30.3 Å². The van der Waals surface area contributed by atoms with E-state index in [1.54, 1.807) is 12.1 Å². The molecule has 19 heavy (non-hydrogen) atoms. The van der Waals surface area contributed by atoms with Gasteiger partial charge >= 0.3 is 0 Å². The first-order valence-electron chi connectivity index (χ1n) is 4.88. The number of hydrogen-bond donors (Lipinski definition) is 4. The van der Waals surface area contributed by atoms with E-state index in [1.165, 1.54) is 0 Å². The van der Waals surface area contributed by atoms with Crippen molar-refractivity contribution in [2.24, 2.45) is 0 Å². The average Bonchev–Trinajstić information content (AvgIpc) is 2.26. The van der Waals surface area contributed by atoms with E-state index in [2.05, 4.69) is 0 Å². The van der Waals surface area contributed by atoms with Crippen LogP contribution in [-0.2, 0) is 0 Å². The Morgan fingerprint density at radius 2 is 0.842 bits per heavy atom. The molecule has 0 bridgehead atoms. The first-order valence-corrected chi connectivity index (χ1v) is 4.88. The van der Waals surface area contributed by atoms with Crippen LogP contribution in [0.3, 0.4) is 0 Å². The number of rotatable bonds is 1. The lowest BCUT2D eigenvalue weighted by Crippen LogP contribution is -1.96. The predicted octanol–water partition coefficient (Wildman–Crippen LogP) is 1.70. The van der Waals surface area contributed by atoms with Crippen LogP contribution in [0.4, 0.5) is 22.7 Å². The molecule has 7 heteroatoms. The lowest BCUT2D eigenvalue weighted by molar-refractivity contribution is 0.824. The topological polar surface area (TPSA) is 136 Å². The van der Waals surface area contributed by atoms with Gasteiger partial charge < -0.3 is 28.4 Å². The summed E-state index contributed by atoms with van der Waals surface area (Å²) in [4.78, 5) is 0. The van der Waals surface area contributed by atoms with Crippen molar-refractivity contribution in [3.05, 3.63) is 36.4 Å². The zero-order chi connectivity index (χ0) is 11.7. The van der Waals surface area contributed by atoms with Gasteiger partial charge in [0.25, 0.3) is 0 Å². The number of halogens is 2. The fourth-order valence-electron chi connectivity index (χ4n) is 1.51. The maximum atomic E-state index is 5.74. The number of nitrogen functional groups attached to an aromatic ring is 4. The number of nitrogens with two attached hydrogens (primary N) is 4. The van der Waals surface area contributed by atoms with Crippen molar-refractivity contribution >= 4 is 47.6 Å². The summed E-state index contributed by atoms with van der Waals surface area (Å²) in [5.74, 6) is 0. The summed E-state index contributed by atoms with van der Waals surface area (Å²) in [5, 5.41) is 0. The Morgan fingerprint density at radius 1 is 0.526 bits per heavy atom. The van der Waals surface area contributed by atoms with Crippen molar-refractivity contribution in [3.8, 4) is 11.1 Å². The normalized spacial score (nSPS) is 8.63. The van der Waals surface area contributed by atoms with E-state index in [0.717, 1.165) is 11.1 Å². The molecular weight excluding hydrogens is 287 g/mol. The Balaban J connectivity index is 0. The highest BCUT2D eigenvalue weighted by Crippen LogP contribution is 2.28. The average molecular weight is 305 g/mol. The maximum Gasteiger partial charge on any atom is 0.0554 e. The molecule has 2 aromatic rings. The van der Waals surface area contributed by atoms with Crippen LogP contribution in [0.15, 0.2) is 36.4 Å². The quantitative estimate of drug-likeness (QED) is 0.596. The lowest BCUT2D eigenvalue weighted by Gasteiger charge is -2.07. The van der Waals surface area contributed by atoms with E-state index in [4.69, 9.17) is 22.9 Å². The largest absolute Gasteiger partial charge is 0.412 e. The fraction of sp³-hybridized carbons (Fsp3) is 0. The molecule has 0 aromatic heterocycles. The monoisotopic (exact) mass is 304 g/mol. The van der Waals surface area contributed by atoms with Crippen LogP contribution in [0.1, 0.15) is 0 Å². The molecule has 106 valence electrons. The molecule has 0 saturated carbocycles. The van der Waals surface area contributed by atoms with Crippen molar-refractivity contribution < 1.29 is 5.48 Å². The third kappa shape index (κ3) is 4.10. The molecule has 0 radical (unpaired) electrons. The minimum atomic E-state index is 0. The van der Waals surface area contributed by atoms with Crippen LogP contribution < -0.4 is 22.9 Å². The number of benzene rings is 2. The molecule has 2 rings (SSSR count). The molecule has 0 aliphatic carbocycles. The molecular formula is C12H18Cl2N4O. The highest BCUT2D eigenvalue weighted by molar-refractivity contribution is 5.85. The van der Waals surface area contributed by atoms with Gasteiger partial charge in [0.1, 0.15) is 0 Å². The van der Waals surface area contributed by atoms with Gasteiger partial charge in [0.05, 0.1) is 22.7 Å². The van der Waals surface area contributed by atoms with Gasteiger partial charge in [0, 0.05) is 0 Å². The molecule has 5 nitrogen and oxygen atoms in total. The van der Waals surface area contributed by atoms with E-state index in [0.29, 0.717) is 22.7 Å². The molecule has 0 heterocycles. The Hall–Kier alpha value is -1.82. The van der Waals surface area contributed by atoms with Crippen LogP contribution in [0.5, 0.6) is 0 Å². The Morgan fingerprint density at radius 3 is 1.11 bits per heavy atom. The van der Waals surface area contributed by atoms with E-state index in [1.807, 2.05) is 24.3 Å². The maximum absolute atomic E-state index is 5.74. The van der Waals surface area contributed by atoms with Crippen LogP contribution in [-0.4, -0.2) is 5.48 Å². The van der Waals surface area contributed by atoms with Gasteiger partial charge in [0.2, 0.25) is 0 Å². The van der Waals surface area contributed by atoms with Gasteiger partial charge in [-0.15, -0.1) is 24.8 Å². The molecule has 0 atom stereocenters. The van der Waals surface area contributed by atoms with Crippen LogP contribution in [0, 0.1) is 0 Å². The summed E-state index contributed by atoms with van der Waals surface area (Å²) in [6.45, 7) is 0. The third-order valence-electron chi connectivity index (χ3n) is 2.51. The minimum absolute atomic E-state index is 0. The first kappa shape index (κ1) is 19.5. The zero-order valence-corrected chi connectivity index (χ0v) is 11.7. The van der Waals surface area contributed by atoms with Gasteiger partial charge in [-0.05, 0) is 35.4 Å². The molecule has 0 aliphatic heterocycles. The predicted molar refractivity (Wildman–Crippen MR) is 87.6 cm³/mol. The summed E-state index contributed by atoms with van der Waals surface area (Å²) < 4.78 is 0. The summed E-state index contributed by atoms with van der Waals surface area (Å²) in [5.41, 5.74) is 27.0. The molecule has 10 N–H and O–H groups in total. The van der Waals surface area contributed by atoms with Crippen molar-refractivity contribution in [2.45, 2.75) is 0 Å². The molecule has 0 aliphatic rings. The summed E-state index contributed by atoms with van der Waals surface area (Å²) in [6, 6.07) is 11.0. The van der Waals surface area contributed by atoms with Crippen LogP contribution in [0.25, 0.3) is 11.1 Å². The number of anilines is 4. The Bertz CT molecular complexity index is 500. The highest BCUT2D eigenvalue weighted by Gasteiger charge is 2.02. The summed E-state index contributed by atoms with van der Waals surface area (Å²) >= 11 is 0. The van der Waals surface area contributed by atoms with Crippen molar-refractivity contribution in [1.82, 2.24) is 0 Å². The zero-order valence-electron chi connectivity index (χ0n) is 10.1. The Labute approximate surface area is 124 Å². The molecule has 0 saturated heterocycles. The Kier molecular flexibility index (Phi) is 7.79.